The van der Waals surface area contributed by atoms with E-state index in [1.54, 1.807) is 24.3 Å². The predicted molar refractivity (Wildman–Crippen MR) is 142 cm³/mol. The van der Waals surface area contributed by atoms with Crippen molar-refractivity contribution in [3.8, 4) is 17.2 Å². The maximum absolute atomic E-state index is 15.1. The molecule has 8 nitrogen and oxygen atoms in total. The molecule has 40 heavy (non-hydrogen) atoms. The van der Waals surface area contributed by atoms with E-state index >= 15 is 4.39 Å². The molecule has 1 aliphatic rings. The van der Waals surface area contributed by atoms with Gasteiger partial charge in [-0.25, -0.2) is 14.1 Å². The molecule has 0 aliphatic carbocycles. The Balaban J connectivity index is 1.39. The molecule has 5 rings (SSSR count). The molecule has 0 atom stereocenters. The molecule has 0 bridgehead atoms. The van der Waals surface area contributed by atoms with Crippen LogP contribution in [0.1, 0.15) is 28.0 Å². The maximum atomic E-state index is 15.1. The molecule has 0 saturated carbocycles. The van der Waals surface area contributed by atoms with Gasteiger partial charge in [-0.15, -0.1) is 0 Å². The smallest absolute Gasteiger partial charge is 0.434 e. The van der Waals surface area contributed by atoms with E-state index in [0.29, 0.717) is 29.0 Å². The van der Waals surface area contributed by atoms with Gasteiger partial charge in [0, 0.05) is 31.0 Å². The van der Waals surface area contributed by atoms with Gasteiger partial charge in [0.05, 0.1) is 23.0 Å². The molecule has 3 N–H and O–H groups in total. The van der Waals surface area contributed by atoms with Crippen molar-refractivity contribution in [3.63, 3.8) is 0 Å². The lowest BCUT2D eigenvalue weighted by Gasteiger charge is -2.23. The second-order valence-electron chi connectivity index (χ2n) is 9.16. The molecule has 0 radical (unpaired) electrons. The fourth-order valence-electron chi connectivity index (χ4n) is 4.40. The molecule has 0 spiro atoms. The number of alkyl halides is 3. The van der Waals surface area contributed by atoms with Crippen molar-refractivity contribution in [1.82, 2.24) is 19.7 Å². The minimum absolute atomic E-state index is 0.0667. The van der Waals surface area contributed by atoms with E-state index < -0.39 is 29.2 Å². The fraction of sp³-hybridized carbons (Fsp3) is 0.179. The number of nitrogen functional groups attached to an aromatic ring is 1. The zero-order valence-corrected chi connectivity index (χ0v) is 21.2. The minimum atomic E-state index is -4.88. The van der Waals surface area contributed by atoms with Crippen LogP contribution in [-0.4, -0.2) is 45.7 Å². The van der Waals surface area contributed by atoms with Gasteiger partial charge in [0.25, 0.3) is 5.91 Å². The van der Waals surface area contributed by atoms with Crippen LogP contribution in [0.15, 0.2) is 73.1 Å². The molecule has 4 aromatic rings. The number of aromatic nitrogens is 3. The second kappa shape index (κ2) is 10.8. The van der Waals surface area contributed by atoms with Gasteiger partial charge in [-0.05, 0) is 49.4 Å². The number of ether oxygens (including phenoxy) is 1. The summed E-state index contributed by atoms with van der Waals surface area (Å²) >= 11 is 0. The number of nitrogens with zero attached hydrogens (tertiary/aromatic N) is 4. The summed E-state index contributed by atoms with van der Waals surface area (Å²) in [6.45, 7) is 1.52. The van der Waals surface area contributed by atoms with Crippen molar-refractivity contribution in [2.45, 2.75) is 12.6 Å². The quantitative estimate of drug-likeness (QED) is 0.295. The number of benzene rings is 2. The van der Waals surface area contributed by atoms with Crippen LogP contribution in [0.2, 0.25) is 0 Å². The molecular weight excluding hydrogens is 528 g/mol. The number of halogens is 4. The Morgan fingerprint density at radius 3 is 2.55 bits per heavy atom. The van der Waals surface area contributed by atoms with Crippen LogP contribution in [0.3, 0.4) is 0 Å². The van der Waals surface area contributed by atoms with Crippen LogP contribution in [0.4, 0.5) is 29.1 Å². The number of para-hydroxylation sites is 1. The van der Waals surface area contributed by atoms with E-state index in [0.717, 1.165) is 24.4 Å². The Labute approximate surface area is 226 Å². The number of carbonyl (C=O) groups excluding carboxylic acids is 1. The number of nitrogens with two attached hydrogens (primary N) is 1. The van der Waals surface area contributed by atoms with Gasteiger partial charge in [0.1, 0.15) is 11.6 Å². The highest BCUT2D eigenvalue weighted by molar-refractivity contribution is 6.05. The normalized spacial score (nSPS) is 14.1. The molecule has 2 aromatic carbocycles. The molecule has 3 heterocycles. The Hall–Kier alpha value is -4.71. The largest absolute Gasteiger partial charge is 0.453 e. The Morgan fingerprint density at radius 2 is 1.88 bits per heavy atom. The molecule has 1 amide bonds. The SMILES string of the molecule is CN1CC=C(c2c(Oc3ccc(NC(=O)c4cnn(-c5ccccc5)c4C(F)(F)F)cc3F)ccnc2N)CC1. The van der Waals surface area contributed by atoms with Crippen molar-refractivity contribution < 1.29 is 27.1 Å². The average Bonchev–Trinajstić information content (AvgIpc) is 3.38. The third-order valence-corrected chi connectivity index (χ3v) is 6.37. The van der Waals surface area contributed by atoms with Crippen molar-refractivity contribution >= 4 is 23.0 Å². The molecule has 0 unspecified atom stereocenters. The number of carbonyl (C=O) groups is 1. The van der Waals surface area contributed by atoms with E-state index in [1.165, 1.54) is 30.5 Å². The van der Waals surface area contributed by atoms with Gasteiger partial charge in [0.2, 0.25) is 0 Å². The molecular formula is C28H24F4N6O2. The average molecular weight is 553 g/mol. The lowest BCUT2D eigenvalue weighted by molar-refractivity contribution is -0.143. The number of likely N-dealkylation sites (N-methyl/N-ethyl adjacent to an activating group) is 1. The predicted octanol–water partition coefficient (Wildman–Crippen LogP) is 5.77. The molecule has 0 fully saturated rings. The zero-order valence-electron chi connectivity index (χ0n) is 21.2. The second-order valence-corrected chi connectivity index (χ2v) is 9.16. The molecule has 12 heteroatoms. The molecule has 206 valence electrons. The summed E-state index contributed by atoms with van der Waals surface area (Å²) in [6, 6.07) is 12.7. The van der Waals surface area contributed by atoms with Gasteiger partial charge >= 0.3 is 6.18 Å². The summed E-state index contributed by atoms with van der Waals surface area (Å²) in [5.74, 6) is -1.55. The van der Waals surface area contributed by atoms with Gasteiger partial charge in [-0.3, -0.25) is 4.79 Å². The first-order valence-electron chi connectivity index (χ1n) is 12.2. The number of pyridine rings is 1. The van der Waals surface area contributed by atoms with Crippen LogP contribution in [0, 0.1) is 5.82 Å². The maximum Gasteiger partial charge on any atom is 0.434 e. The van der Waals surface area contributed by atoms with E-state index in [-0.39, 0.29) is 22.9 Å². The standard InChI is InChI=1S/C28H24F4N6O2/c1-37-13-10-17(11-14-37)24-23(9-12-34-26(24)33)40-22-8-7-18(15-21(22)29)36-27(39)20-16-35-38(25(20)28(30,31)32)19-5-3-2-4-6-19/h2-10,12,15-16H,11,13-14H2,1H3,(H2,33,34)(H,36,39). The number of anilines is 2. The van der Waals surface area contributed by atoms with Gasteiger partial charge in [-0.2, -0.15) is 18.3 Å². The van der Waals surface area contributed by atoms with E-state index in [9.17, 15) is 18.0 Å². The lowest BCUT2D eigenvalue weighted by Crippen LogP contribution is -2.24. The zero-order chi connectivity index (χ0) is 28.4. The highest BCUT2D eigenvalue weighted by Gasteiger charge is 2.40. The molecule has 2 aromatic heterocycles. The first-order chi connectivity index (χ1) is 19.1. The van der Waals surface area contributed by atoms with E-state index in [4.69, 9.17) is 10.5 Å². The Bertz CT molecular complexity index is 1580. The van der Waals surface area contributed by atoms with Crippen LogP contribution in [0.25, 0.3) is 11.3 Å². The van der Waals surface area contributed by atoms with Gasteiger partial charge in [0.15, 0.2) is 17.3 Å². The number of nitrogens with one attached hydrogen (secondary N) is 1. The number of rotatable bonds is 6. The Kier molecular flexibility index (Phi) is 7.26. The summed E-state index contributed by atoms with van der Waals surface area (Å²) in [6.07, 6.45) is 0.107. The van der Waals surface area contributed by atoms with E-state index in [1.807, 2.05) is 13.1 Å². The number of hydrogen-bond acceptors (Lipinski definition) is 6. The fourth-order valence-corrected chi connectivity index (χ4v) is 4.40. The first kappa shape index (κ1) is 26.9. The summed E-state index contributed by atoms with van der Waals surface area (Å²) < 4.78 is 63.3. The lowest BCUT2D eigenvalue weighted by atomic mass is 9.99. The van der Waals surface area contributed by atoms with Crippen molar-refractivity contribution in [3.05, 3.63) is 95.7 Å². The van der Waals surface area contributed by atoms with E-state index in [2.05, 4.69) is 20.3 Å². The van der Waals surface area contributed by atoms with Crippen LogP contribution < -0.4 is 15.8 Å². The summed E-state index contributed by atoms with van der Waals surface area (Å²) in [5.41, 5.74) is 5.73. The molecule has 0 saturated heterocycles. The van der Waals surface area contributed by atoms with Crippen molar-refractivity contribution in [2.75, 3.05) is 31.2 Å². The third-order valence-electron chi connectivity index (χ3n) is 6.37. The van der Waals surface area contributed by atoms with Crippen LogP contribution in [-0.2, 0) is 6.18 Å². The topological polar surface area (TPSA) is 98.3 Å². The van der Waals surface area contributed by atoms with Crippen molar-refractivity contribution in [2.24, 2.45) is 0 Å². The minimum Gasteiger partial charge on any atom is -0.453 e. The summed E-state index contributed by atoms with van der Waals surface area (Å²) in [5, 5.41) is 6.08. The first-order valence-corrected chi connectivity index (χ1v) is 12.2. The highest BCUT2D eigenvalue weighted by atomic mass is 19.4. The van der Waals surface area contributed by atoms with Gasteiger partial charge in [-0.1, -0.05) is 24.3 Å². The number of hydrogen-bond donors (Lipinski definition) is 2. The van der Waals surface area contributed by atoms with Gasteiger partial charge < -0.3 is 20.7 Å². The monoisotopic (exact) mass is 552 g/mol. The van der Waals surface area contributed by atoms with Crippen LogP contribution in [0.5, 0.6) is 11.5 Å². The summed E-state index contributed by atoms with van der Waals surface area (Å²) in [7, 11) is 1.99. The highest BCUT2D eigenvalue weighted by Crippen LogP contribution is 2.38. The number of amides is 1. The van der Waals surface area contributed by atoms with Crippen LogP contribution >= 0.6 is 0 Å². The molecule has 1 aliphatic heterocycles. The third kappa shape index (κ3) is 5.52. The van der Waals surface area contributed by atoms with Crippen molar-refractivity contribution in [1.29, 1.82) is 0 Å². The summed E-state index contributed by atoms with van der Waals surface area (Å²) in [4.78, 5) is 19.1. The Morgan fingerprint density at radius 1 is 1.10 bits per heavy atom.